The molecule has 1 fully saturated rings. The lowest BCUT2D eigenvalue weighted by Crippen LogP contribution is -2.23. The molecule has 0 bridgehead atoms. The normalized spacial score (nSPS) is 16.1. The van der Waals surface area contributed by atoms with Crippen LogP contribution in [0.25, 0.3) is 4.91 Å². The Bertz CT molecular complexity index is 805. The van der Waals surface area contributed by atoms with Crippen molar-refractivity contribution in [3.63, 3.8) is 0 Å². The first kappa shape index (κ1) is 16.8. The van der Waals surface area contributed by atoms with Crippen molar-refractivity contribution in [2.45, 2.75) is 19.3 Å². The Morgan fingerprint density at radius 3 is 2.00 bits per heavy atom. The van der Waals surface area contributed by atoms with E-state index in [1.54, 1.807) is 0 Å². The zero-order chi connectivity index (χ0) is 17.0. The lowest BCUT2D eigenvalue weighted by molar-refractivity contribution is 0.419. The van der Waals surface area contributed by atoms with Crippen LogP contribution in [-0.2, 0) is 16.3 Å². The molecule has 1 saturated heterocycles. The number of hydrogen-bond donors (Lipinski definition) is 0. The molecule has 0 unspecified atom stereocenters. The van der Waals surface area contributed by atoms with E-state index >= 15 is 0 Å². The minimum Gasteiger partial charge on any atom is -0.373 e. The molecule has 0 spiro atoms. The molecule has 0 aliphatic carbocycles. The molecular weight excluding hydrogens is 318 g/mol. The van der Waals surface area contributed by atoms with Gasteiger partial charge in [0.1, 0.15) is 0 Å². The van der Waals surface area contributed by atoms with Crippen molar-refractivity contribution >= 4 is 14.7 Å². The van der Waals surface area contributed by atoms with Gasteiger partial charge in [0.25, 0.3) is 0 Å². The quantitative estimate of drug-likeness (QED) is 0.831. The summed E-state index contributed by atoms with van der Waals surface area (Å²) in [4.78, 5) is 2.71. The Balaban J connectivity index is 2.16. The van der Waals surface area contributed by atoms with Crippen LogP contribution < -0.4 is 0 Å². The van der Waals surface area contributed by atoms with Crippen LogP contribution in [0, 0.1) is 0 Å². The highest BCUT2D eigenvalue weighted by Crippen LogP contribution is 2.30. The van der Waals surface area contributed by atoms with E-state index in [4.69, 9.17) is 0 Å². The van der Waals surface area contributed by atoms with Crippen LogP contribution in [-0.4, -0.2) is 32.7 Å². The van der Waals surface area contributed by atoms with Crippen molar-refractivity contribution in [2.75, 3.05) is 19.3 Å². The topological polar surface area (TPSA) is 37.4 Å². The van der Waals surface area contributed by atoms with Gasteiger partial charge >= 0.3 is 0 Å². The standard InChI is InChI=1S/C20H23NO2S/c1-24(22,23)20(18-12-6-3-7-13-18)19(21-14-8-9-15-21)16-17-10-4-2-5-11-17/h2-7,10-13H,8-9,14-16H2,1H3/b20-19-. The first-order valence-corrected chi connectivity index (χ1v) is 10.2. The van der Waals surface area contributed by atoms with Gasteiger partial charge in [-0.3, -0.25) is 0 Å². The number of allylic oxidation sites excluding steroid dienone is 1. The predicted molar refractivity (Wildman–Crippen MR) is 99.2 cm³/mol. The summed E-state index contributed by atoms with van der Waals surface area (Å²) in [7, 11) is -3.34. The van der Waals surface area contributed by atoms with E-state index in [-0.39, 0.29) is 0 Å². The molecule has 2 aromatic rings. The molecule has 1 aliphatic heterocycles. The van der Waals surface area contributed by atoms with Gasteiger partial charge in [-0.2, -0.15) is 0 Å². The minimum absolute atomic E-state index is 0.467. The summed E-state index contributed by atoms with van der Waals surface area (Å²) in [6.45, 7) is 1.85. The van der Waals surface area contributed by atoms with E-state index in [0.29, 0.717) is 11.3 Å². The molecule has 0 atom stereocenters. The third kappa shape index (κ3) is 3.88. The van der Waals surface area contributed by atoms with Gasteiger partial charge in [-0.25, -0.2) is 8.42 Å². The van der Waals surface area contributed by atoms with E-state index in [0.717, 1.165) is 42.8 Å². The zero-order valence-electron chi connectivity index (χ0n) is 14.0. The minimum atomic E-state index is -3.34. The lowest BCUT2D eigenvalue weighted by atomic mass is 10.1. The molecule has 0 amide bonds. The Labute approximate surface area is 144 Å². The molecular formula is C20H23NO2S. The lowest BCUT2D eigenvalue weighted by Gasteiger charge is -2.25. The number of nitrogens with zero attached hydrogens (tertiary/aromatic N) is 1. The van der Waals surface area contributed by atoms with Crippen molar-refractivity contribution in [2.24, 2.45) is 0 Å². The van der Waals surface area contributed by atoms with Crippen molar-refractivity contribution in [3.05, 3.63) is 77.5 Å². The van der Waals surface area contributed by atoms with Crippen molar-refractivity contribution in [3.8, 4) is 0 Å². The molecule has 0 N–H and O–H groups in total. The Morgan fingerprint density at radius 2 is 1.46 bits per heavy atom. The maximum atomic E-state index is 12.6. The van der Waals surface area contributed by atoms with Gasteiger partial charge < -0.3 is 4.90 Å². The van der Waals surface area contributed by atoms with E-state index in [1.165, 1.54) is 6.26 Å². The van der Waals surface area contributed by atoms with E-state index in [1.807, 2.05) is 48.5 Å². The summed E-state index contributed by atoms with van der Waals surface area (Å²) >= 11 is 0. The molecule has 24 heavy (non-hydrogen) atoms. The molecule has 0 aromatic heterocycles. The molecule has 4 heteroatoms. The molecule has 3 nitrogen and oxygen atoms in total. The van der Waals surface area contributed by atoms with Gasteiger partial charge in [0.2, 0.25) is 0 Å². The molecule has 126 valence electrons. The van der Waals surface area contributed by atoms with E-state index < -0.39 is 9.84 Å². The van der Waals surface area contributed by atoms with Gasteiger partial charge in [0.05, 0.1) is 4.91 Å². The fourth-order valence-electron chi connectivity index (χ4n) is 3.30. The summed E-state index contributed by atoms with van der Waals surface area (Å²) in [6, 6.07) is 19.6. The molecule has 0 radical (unpaired) electrons. The zero-order valence-corrected chi connectivity index (χ0v) is 14.8. The highest BCUT2D eigenvalue weighted by molar-refractivity contribution is 8.00. The smallest absolute Gasteiger partial charge is 0.177 e. The summed E-state index contributed by atoms with van der Waals surface area (Å²) in [5, 5.41) is 0. The Morgan fingerprint density at radius 1 is 0.917 bits per heavy atom. The second-order valence-electron chi connectivity index (χ2n) is 6.27. The van der Waals surface area contributed by atoms with Crippen LogP contribution >= 0.6 is 0 Å². The van der Waals surface area contributed by atoms with Gasteiger partial charge in [-0.05, 0) is 24.0 Å². The molecule has 1 heterocycles. The van der Waals surface area contributed by atoms with Crippen LogP contribution in [0.1, 0.15) is 24.0 Å². The van der Waals surface area contributed by atoms with Crippen LogP contribution in [0.5, 0.6) is 0 Å². The number of hydrogen-bond acceptors (Lipinski definition) is 3. The van der Waals surface area contributed by atoms with Gasteiger partial charge in [-0.1, -0.05) is 60.7 Å². The highest BCUT2D eigenvalue weighted by atomic mass is 32.2. The van der Waals surface area contributed by atoms with E-state index in [9.17, 15) is 8.42 Å². The average Bonchev–Trinajstić information content (AvgIpc) is 3.09. The third-order valence-electron chi connectivity index (χ3n) is 4.37. The van der Waals surface area contributed by atoms with Crippen molar-refractivity contribution < 1.29 is 8.42 Å². The van der Waals surface area contributed by atoms with Crippen LogP contribution in [0.2, 0.25) is 0 Å². The van der Waals surface area contributed by atoms with E-state index in [2.05, 4.69) is 17.0 Å². The van der Waals surface area contributed by atoms with Gasteiger partial charge in [0, 0.05) is 31.5 Å². The monoisotopic (exact) mass is 341 g/mol. The number of rotatable bonds is 5. The van der Waals surface area contributed by atoms with Gasteiger partial charge in [0.15, 0.2) is 9.84 Å². The van der Waals surface area contributed by atoms with Crippen molar-refractivity contribution in [1.29, 1.82) is 0 Å². The molecule has 1 aliphatic rings. The Kier molecular flexibility index (Phi) is 5.05. The highest BCUT2D eigenvalue weighted by Gasteiger charge is 2.25. The summed E-state index contributed by atoms with van der Waals surface area (Å²) in [5.41, 5.74) is 2.83. The average molecular weight is 341 g/mol. The summed E-state index contributed by atoms with van der Waals surface area (Å²) < 4.78 is 25.3. The third-order valence-corrected chi connectivity index (χ3v) is 5.58. The number of likely N-dealkylation sites (tertiary alicyclic amines) is 1. The first-order valence-electron chi connectivity index (χ1n) is 8.33. The maximum absolute atomic E-state index is 12.6. The van der Waals surface area contributed by atoms with Crippen LogP contribution in [0.4, 0.5) is 0 Å². The summed E-state index contributed by atoms with van der Waals surface area (Å²) in [5.74, 6) is 0. The largest absolute Gasteiger partial charge is 0.373 e. The maximum Gasteiger partial charge on any atom is 0.177 e. The molecule has 0 saturated carbocycles. The van der Waals surface area contributed by atoms with Crippen molar-refractivity contribution in [1.82, 2.24) is 4.90 Å². The number of benzene rings is 2. The first-order chi connectivity index (χ1) is 11.6. The fraction of sp³-hybridized carbons (Fsp3) is 0.300. The van der Waals surface area contributed by atoms with Gasteiger partial charge in [-0.15, -0.1) is 0 Å². The Hall–Kier alpha value is -2.07. The SMILES string of the molecule is CS(=O)(=O)/C(=C(/Cc1ccccc1)N1CCCC1)c1ccccc1. The van der Waals surface area contributed by atoms with Crippen LogP contribution in [0.3, 0.4) is 0 Å². The summed E-state index contributed by atoms with van der Waals surface area (Å²) in [6.07, 6.45) is 4.18. The predicted octanol–water partition coefficient (Wildman–Crippen LogP) is 3.74. The second-order valence-corrected chi connectivity index (χ2v) is 8.22. The fourth-order valence-corrected chi connectivity index (χ4v) is 4.49. The second kappa shape index (κ2) is 7.22. The molecule has 2 aromatic carbocycles. The van der Waals surface area contributed by atoms with Crippen LogP contribution in [0.15, 0.2) is 66.4 Å². The molecule has 3 rings (SSSR count). The number of sulfone groups is 1.